The van der Waals surface area contributed by atoms with Crippen molar-refractivity contribution in [3.63, 3.8) is 0 Å². The summed E-state index contributed by atoms with van der Waals surface area (Å²) in [6.07, 6.45) is 3.97. The second-order valence-electron chi connectivity index (χ2n) is 7.27. The summed E-state index contributed by atoms with van der Waals surface area (Å²) in [5, 5.41) is 2.87. The van der Waals surface area contributed by atoms with Gasteiger partial charge in [-0.05, 0) is 54.1 Å². The molecule has 5 nitrogen and oxygen atoms in total. The van der Waals surface area contributed by atoms with Crippen LogP contribution in [0.5, 0.6) is 0 Å². The van der Waals surface area contributed by atoms with Crippen LogP contribution in [0.4, 0.5) is 5.69 Å². The second-order valence-corrected chi connectivity index (χ2v) is 8.44. The molecule has 4 rings (SSSR count). The van der Waals surface area contributed by atoms with Gasteiger partial charge >= 0.3 is 0 Å². The van der Waals surface area contributed by atoms with E-state index in [1.807, 2.05) is 54.6 Å². The minimum atomic E-state index is -0.219. The molecule has 3 aromatic carbocycles. The molecule has 0 saturated carbocycles. The molecule has 1 N–H and O–H groups in total. The minimum Gasteiger partial charge on any atom is -0.322 e. The molecule has 6 heteroatoms. The van der Waals surface area contributed by atoms with Gasteiger partial charge in [0.25, 0.3) is 11.8 Å². The molecule has 0 fully saturated rings. The van der Waals surface area contributed by atoms with Crippen LogP contribution in [0.15, 0.2) is 89.8 Å². The van der Waals surface area contributed by atoms with Crippen LogP contribution in [0.3, 0.4) is 0 Å². The quantitative estimate of drug-likeness (QED) is 0.228. The highest BCUT2D eigenvalue weighted by Gasteiger charge is 2.34. The van der Waals surface area contributed by atoms with Crippen LogP contribution in [-0.2, 0) is 4.79 Å². The Morgan fingerprint density at radius 3 is 2.28 bits per heavy atom. The first kappa shape index (κ1) is 21.6. The molecule has 32 heavy (non-hydrogen) atoms. The molecule has 0 atom stereocenters. The lowest BCUT2D eigenvalue weighted by Gasteiger charge is -2.13. The van der Waals surface area contributed by atoms with E-state index in [9.17, 15) is 14.4 Å². The number of rotatable bonds is 8. The molecule has 0 saturated heterocycles. The zero-order valence-corrected chi connectivity index (χ0v) is 18.2. The van der Waals surface area contributed by atoms with Gasteiger partial charge in [0.2, 0.25) is 5.91 Å². The van der Waals surface area contributed by atoms with E-state index in [0.717, 1.165) is 21.9 Å². The van der Waals surface area contributed by atoms with Crippen molar-refractivity contribution in [2.45, 2.75) is 11.3 Å². The van der Waals surface area contributed by atoms with Crippen LogP contribution in [0, 0.1) is 0 Å². The maximum absolute atomic E-state index is 12.4. The summed E-state index contributed by atoms with van der Waals surface area (Å²) in [7, 11) is 0. The van der Waals surface area contributed by atoms with E-state index in [4.69, 9.17) is 0 Å². The van der Waals surface area contributed by atoms with Gasteiger partial charge in [0, 0.05) is 23.2 Å². The van der Waals surface area contributed by atoms with Crippen molar-refractivity contribution in [2.75, 3.05) is 17.6 Å². The van der Waals surface area contributed by atoms with E-state index in [2.05, 4.69) is 5.32 Å². The van der Waals surface area contributed by atoms with Crippen LogP contribution in [-0.4, -0.2) is 34.9 Å². The number of anilines is 1. The Labute approximate surface area is 191 Å². The Morgan fingerprint density at radius 2 is 1.56 bits per heavy atom. The Morgan fingerprint density at radius 1 is 0.875 bits per heavy atom. The number of nitrogens with zero attached hydrogens (tertiary/aromatic N) is 1. The smallest absolute Gasteiger partial charge is 0.261 e. The minimum absolute atomic E-state index is 0.193. The number of hydrogen-bond acceptors (Lipinski definition) is 4. The van der Waals surface area contributed by atoms with Crippen molar-refractivity contribution >= 4 is 41.2 Å². The summed E-state index contributed by atoms with van der Waals surface area (Å²) in [5.74, 6) is 0.119. The van der Waals surface area contributed by atoms with Gasteiger partial charge in [-0.25, -0.2) is 0 Å². The van der Waals surface area contributed by atoms with Crippen LogP contribution < -0.4 is 5.32 Å². The zero-order chi connectivity index (χ0) is 22.3. The molecule has 0 unspecified atom stereocenters. The number of hydrogen-bond donors (Lipinski definition) is 1. The fourth-order valence-electron chi connectivity index (χ4n) is 3.44. The Kier molecular flexibility index (Phi) is 6.82. The summed E-state index contributed by atoms with van der Waals surface area (Å²) in [4.78, 5) is 39.3. The third-order valence-corrected chi connectivity index (χ3v) is 6.08. The van der Waals surface area contributed by atoms with Gasteiger partial charge in [0.1, 0.15) is 0 Å². The highest BCUT2D eigenvalue weighted by Crippen LogP contribution is 2.25. The molecule has 0 bridgehead atoms. The van der Waals surface area contributed by atoms with Crippen molar-refractivity contribution in [3.05, 3.63) is 102 Å². The number of thioether (sulfide) groups is 1. The van der Waals surface area contributed by atoms with Gasteiger partial charge in [-0.1, -0.05) is 48.5 Å². The Balaban J connectivity index is 1.26. The van der Waals surface area contributed by atoms with Gasteiger partial charge < -0.3 is 5.32 Å². The van der Waals surface area contributed by atoms with Crippen molar-refractivity contribution in [1.82, 2.24) is 4.90 Å². The number of carbonyl (C=O) groups excluding carboxylic acids is 3. The predicted octanol–water partition coefficient (Wildman–Crippen LogP) is 5.12. The molecule has 0 spiro atoms. The number of nitrogens with one attached hydrogen (secondary N) is 1. The van der Waals surface area contributed by atoms with Crippen LogP contribution >= 0.6 is 11.8 Å². The second kappa shape index (κ2) is 10.1. The molecule has 1 heterocycles. The van der Waals surface area contributed by atoms with Crippen LogP contribution in [0.25, 0.3) is 6.08 Å². The first-order chi connectivity index (χ1) is 15.6. The van der Waals surface area contributed by atoms with Gasteiger partial charge in [-0.2, -0.15) is 0 Å². The van der Waals surface area contributed by atoms with Crippen molar-refractivity contribution in [1.29, 1.82) is 0 Å². The standard InChI is InChI=1S/C26H22N2O3S/c29-24(15-14-19-8-2-1-3-9-19)27-20-10-6-11-21(18-20)32-17-7-16-28-25(30)22-12-4-5-13-23(22)26(28)31/h1-6,8-15,18H,7,16-17H2,(H,27,29)/b15-14+. The van der Waals surface area contributed by atoms with E-state index in [1.54, 1.807) is 42.1 Å². The summed E-state index contributed by atoms with van der Waals surface area (Å²) < 4.78 is 0. The highest BCUT2D eigenvalue weighted by molar-refractivity contribution is 7.99. The molecular weight excluding hydrogens is 420 g/mol. The number of carbonyl (C=O) groups is 3. The normalized spacial score (nSPS) is 12.9. The van der Waals surface area contributed by atoms with Gasteiger partial charge in [-0.15, -0.1) is 11.8 Å². The lowest BCUT2D eigenvalue weighted by Crippen LogP contribution is -2.30. The highest BCUT2D eigenvalue weighted by atomic mass is 32.2. The average molecular weight is 443 g/mol. The predicted molar refractivity (Wildman–Crippen MR) is 128 cm³/mol. The molecule has 3 amide bonds. The van der Waals surface area contributed by atoms with Gasteiger partial charge in [0.05, 0.1) is 11.1 Å². The van der Waals surface area contributed by atoms with E-state index in [-0.39, 0.29) is 17.7 Å². The Bertz CT molecular complexity index is 1140. The number of benzene rings is 3. The SMILES string of the molecule is O=C(/C=C/c1ccccc1)Nc1cccc(SCCCN2C(=O)c3ccccc3C2=O)c1. The van der Waals surface area contributed by atoms with Crippen molar-refractivity contribution < 1.29 is 14.4 Å². The first-order valence-corrected chi connectivity index (χ1v) is 11.3. The Hall–Kier alpha value is -3.64. The molecule has 0 aromatic heterocycles. The monoisotopic (exact) mass is 442 g/mol. The lowest BCUT2D eigenvalue weighted by molar-refractivity contribution is -0.111. The van der Waals surface area contributed by atoms with Crippen LogP contribution in [0.1, 0.15) is 32.7 Å². The topological polar surface area (TPSA) is 66.5 Å². The lowest BCUT2D eigenvalue weighted by atomic mass is 10.1. The van der Waals surface area contributed by atoms with E-state index < -0.39 is 0 Å². The van der Waals surface area contributed by atoms with Crippen LogP contribution in [0.2, 0.25) is 0 Å². The molecule has 0 radical (unpaired) electrons. The molecule has 3 aromatic rings. The van der Waals surface area contributed by atoms with E-state index in [0.29, 0.717) is 24.1 Å². The van der Waals surface area contributed by atoms with E-state index >= 15 is 0 Å². The molecule has 160 valence electrons. The largest absolute Gasteiger partial charge is 0.322 e. The summed E-state index contributed by atoms with van der Waals surface area (Å²) in [5.41, 5.74) is 2.65. The summed E-state index contributed by atoms with van der Waals surface area (Å²) in [6, 6.07) is 24.2. The average Bonchev–Trinajstić information content (AvgIpc) is 3.06. The maximum Gasteiger partial charge on any atom is 0.261 e. The number of fused-ring (bicyclic) bond motifs is 1. The zero-order valence-electron chi connectivity index (χ0n) is 17.4. The fraction of sp³-hybridized carbons (Fsp3) is 0.115. The third kappa shape index (κ3) is 5.15. The number of amides is 3. The summed E-state index contributed by atoms with van der Waals surface area (Å²) >= 11 is 1.62. The molecule has 0 aliphatic carbocycles. The molecule has 1 aliphatic rings. The van der Waals surface area contributed by atoms with Crippen molar-refractivity contribution in [3.8, 4) is 0 Å². The third-order valence-electron chi connectivity index (χ3n) is 5.00. The summed E-state index contributed by atoms with van der Waals surface area (Å²) in [6.45, 7) is 0.389. The number of imide groups is 1. The van der Waals surface area contributed by atoms with Gasteiger partial charge in [-0.3, -0.25) is 19.3 Å². The maximum atomic E-state index is 12.4. The molecular formula is C26H22N2O3S. The van der Waals surface area contributed by atoms with Crippen molar-refractivity contribution in [2.24, 2.45) is 0 Å². The fourth-order valence-corrected chi connectivity index (χ4v) is 4.33. The molecule has 1 aliphatic heterocycles. The van der Waals surface area contributed by atoms with Gasteiger partial charge in [0.15, 0.2) is 0 Å². The van der Waals surface area contributed by atoms with E-state index in [1.165, 1.54) is 11.0 Å². The first-order valence-electron chi connectivity index (χ1n) is 10.3.